The smallest absolute Gasteiger partial charge is 1.00 e. The molecule has 0 aromatic rings. The molecule has 0 N–H and O–H groups in total. The van der Waals surface area contributed by atoms with E-state index in [1.54, 1.807) is 0 Å². The topological polar surface area (TPSA) is 18.5 Å². The van der Waals surface area contributed by atoms with E-state index in [1.807, 2.05) is 6.08 Å². The molecule has 0 saturated carbocycles. The average molecular weight is 406 g/mol. The Labute approximate surface area is 174 Å². The van der Waals surface area contributed by atoms with Crippen molar-refractivity contribution in [2.75, 3.05) is 0 Å². The summed E-state index contributed by atoms with van der Waals surface area (Å²) in [6.45, 7) is 12.8. The van der Waals surface area contributed by atoms with Crippen molar-refractivity contribution in [2.24, 2.45) is 5.41 Å². The molecule has 1 atom stereocenters. The number of halogens is 2. The van der Waals surface area contributed by atoms with E-state index in [9.17, 15) is 0 Å². The van der Waals surface area contributed by atoms with Crippen LogP contribution in [0.15, 0.2) is 41.7 Å². The Kier molecular flexibility index (Phi) is 10.5. The Morgan fingerprint density at radius 2 is 1.67 bits per heavy atom. The van der Waals surface area contributed by atoms with Crippen LogP contribution < -0.4 is 24.8 Å². The van der Waals surface area contributed by atoms with E-state index in [2.05, 4.69) is 71.9 Å². The first-order chi connectivity index (χ1) is 9.62. The molecule has 1 radical (unpaired) electrons. The van der Waals surface area contributed by atoms with Gasteiger partial charge in [0, 0.05) is 12.0 Å². The molecule has 0 amide bonds. The minimum absolute atomic E-state index is 0. The van der Waals surface area contributed by atoms with Crippen molar-refractivity contribution in [3.8, 4) is 0 Å². The van der Waals surface area contributed by atoms with Crippen LogP contribution in [0.2, 0.25) is 0 Å². The van der Waals surface area contributed by atoms with Gasteiger partial charge in [-0.15, -0.1) is 6.42 Å². The van der Waals surface area contributed by atoms with Crippen LogP contribution in [-0.4, -0.2) is 11.4 Å². The maximum absolute atomic E-state index is 6.43. The Bertz CT molecular complexity index is 522. The van der Waals surface area contributed by atoms with Gasteiger partial charge in [-0.25, -0.2) is 6.08 Å². The second-order valence-electron chi connectivity index (χ2n) is 7.68. The van der Waals surface area contributed by atoms with Crippen molar-refractivity contribution in [2.45, 2.75) is 65.8 Å². The van der Waals surface area contributed by atoms with Crippen molar-refractivity contribution in [1.29, 1.82) is 0 Å². The van der Waals surface area contributed by atoms with Gasteiger partial charge in [0.15, 0.2) is 0 Å². The van der Waals surface area contributed by atoms with Gasteiger partial charge in [-0.05, 0) is 31.9 Å². The van der Waals surface area contributed by atoms with Crippen LogP contribution in [0.3, 0.4) is 0 Å². The van der Waals surface area contributed by atoms with Crippen molar-refractivity contribution in [3.63, 3.8) is 0 Å². The molecule has 0 spiro atoms. The van der Waals surface area contributed by atoms with E-state index in [0.717, 1.165) is 12.2 Å². The summed E-state index contributed by atoms with van der Waals surface area (Å²) in [4.78, 5) is 0. The van der Waals surface area contributed by atoms with E-state index in [0.29, 0.717) is 6.42 Å². The predicted molar refractivity (Wildman–Crippen MR) is 86.5 cm³/mol. The molecule has 133 valence electrons. The minimum Gasteiger partial charge on any atom is -1.00 e. The van der Waals surface area contributed by atoms with E-state index in [4.69, 9.17) is 9.47 Å². The Balaban J connectivity index is 0. The molecule has 2 rings (SSSR count). The fraction of sp³-hybridized carbons (Fsp3) is 0.579. The van der Waals surface area contributed by atoms with E-state index < -0.39 is 5.79 Å². The normalized spacial score (nSPS) is 22.6. The number of allylic oxidation sites excluding steroid dienone is 5. The summed E-state index contributed by atoms with van der Waals surface area (Å²) in [7, 11) is 0. The van der Waals surface area contributed by atoms with Crippen molar-refractivity contribution in [3.05, 3.63) is 47.8 Å². The summed E-state index contributed by atoms with van der Waals surface area (Å²) in [5.41, 5.74) is 0.846. The quantitative estimate of drug-likeness (QED) is 0.344. The van der Waals surface area contributed by atoms with Gasteiger partial charge in [0.25, 0.3) is 0 Å². The number of hydrogen-bond acceptors (Lipinski definition) is 2. The van der Waals surface area contributed by atoms with Crippen LogP contribution in [-0.2, 0) is 31.2 Å². The molecule has 0 aromatic carbocycles. The van der Waals surface area contributed by atoms with E-state index in [-0.39, 0.29) is 57.5 Å². The van der Waals surface area contributed by atoms with Gasteiger partial charge in [0.2, 0.25) is 5.79 Å². The van der Waals surface area contributed by atoms with Gasteiger partial charge in [-0.3, -0.25) is 0 Å². The van der Waals surface area contributed by atoms with Gasteiger partial charge in [-0.2, -0.15) is 12.2 Å². The van der Waals surface area contributed by atoms with Crippen LogP contribution in [0.1, 0.15) is 54.4 Å². The predicted octanol–water partition coefficient (Wildman–Crippen LogP) is -0.901. The van der Waals surface area contributed by atoms with Crippen molar-refractivity contribution >= 4 is 0 Å². The molecule has 24 heavy (non-hydrogen) atoms. The zero-order valence-corrected chi connectivity index (χ0v) is 18.4. The summed E-state index contributed by atoms with van der Waals surface area (Å²) in [6, 6.07) is 0. The molecule has 0 aromatic heterocycles. The summed E-state index contributed by atoms with van der Waals surface area (Å²) in [5.74, 6) is 0.0344. The first-order valence-electron chi connectivity index (χ1n) is 7.67. The third-order valence-corrected chi connectivity index (χ3v) is 3.41. The summed E-state index contributed by atoms with van der Waals surface area (Å²) >= 11 is 0. The van der Waals surface area contributed by atoms with Crippen LogP contribution in [0, 0.1) is 11.5 Å². The second kappa shape index (κ2) is 9.64. The molecular formula is C19H27Cl2O2Ti. The maximum Gasteiger partial charge on any atom is 3.00 e. The van der Waals surface area contributed by atoms with Crippen LogP contribution >= 0.6 is 0 Å². The van der Waals surface area contributed by atoms with Crippen molar-refractivity contribution in [1.82, 2.24) is 0 Å². The zero-order valence-electron chi connectivity index (χ0n) is 15.4. The zero-order chi connectivity index (χ0) is 15.7. The summed E-state index contributed by atoms with van der Waals surface area (Å²) in [5, 5.41) is 0. The van der Waals surface area contributed by atoms with Crippen molar-refractivity contribution < 1.29 is 56.0 Å². The molecule has 2 nitrogen and oxygen atoms in total. The largest absolute Gasteiger partial charge is 3.00 e. The molecule has 2 aliphatic carbocycles. The third-order valence-electron chi connectivity index (χ3n) is 3.41. The summed E-state index contributed by atoms with van der Waals surface area (Å²) in [6.07, 6.45) is 15.1. The SMILES string of the molecule is CC(C)(C)OC1(OC2=[C-]CC=C2)CC=CC=C1C(C)(C)C.[Cl-].[Cl-].[Ti+3]. The second-order valence-corrected chi connectivity index (χ2v) is 7.68. The first-order valence-corrected chi connectivity index (χ1v) is 7.67. The molecule has 0 bridgehead atoms. The fourth-order valence-corrected chi connectivity index (χ4v) is 2.79. The minimum atomic E-state index is -0.748. The molecule has 0 heterocycles. The molecular weight excluding hydrogens is 379 g/mol. The van der Waals surface area contributed by atoms with Crippen LogP contribution in [0.5, 0.6) is 0 Å². The van der Waals surface area contributed by atoms with Gasteiger partial charge in [-0.1, -0.05) is 39.0 Å². The standard InChI is InChI=1S/C19H27O2.2ClH.Ti/c1-17(2,3)16-13-9-10-14-19(16,21-18(4,5)6)20-15-11-7-8-12-15;;;/h7,9-11,13H,8,14H2,1-6H3;2*1H;/q-1;;;+3/p-2. The first kappa shape index (κ1) is 26.2. The molecule has 1 unspecified atom stereocenters. The number of hydrogen-bond donors (Lipinski definition) is 0. The Morgan fingerprint density at radius 1 is 1.04 bits per heavy atom. The van der Waals surface area contributed by atoms with Gasteiger partial charge in [0.05, 0.1) is 5.60 Å². The molecule has 0 fully saturated rings. The van der Waals surface area contributed by atoms with Crippen LogP contribution in [0.4, 0.5) is 0 Å². The molecule has 2 aliphatic rings. The molecule has 0 saturated heterocycles. The molecule has 5 heteroatoms. The number of rotatable bonds is 3. The summed E-state index contributed by atoms with van der Waals surface area (Å²) < 4.78 is 12.8. The van der Waals surface area contributed by atoms with Crippen LogP contribution in [0.25, 0.3) is 0 Å². The van der Waals surface area contributed by atoms with Gasteiger partial charge in [0.1, 0.15) is 0 Å². The average Bonchev–Trinajstić information content (AvgIpc) is 2.78. The van der Waals surface area contributed by atoms with Gasteiger partial charge >= 0.3 is 21.7 Å². The van der Waals surface area contributed by atoms with E-state index >= 15 is 0 Å². The van der Waals surface area contributed by atoms with E-state index in [1.165, 1.54) is 5.57 Å². The maximum atomic E-state index is 6.43. The number of ether oxygens (including phenoxy) is 2. The Hall–Kier alpha value is 0.0143. The fourth-order valence-electron chi connectivity index (χ4n) is 2.79. The Morgan fingerprint density at radius 3 is 2.12 bits per heavy atom. The monoisotopic (exact) mass is 405 g/mol. The van der Waals surface area contributed by atoms with Gasteiger partial charge < -0.3 is 34.3 Å². The molecule has 0 aliphatic heterocycles. The third kappa shape index (κ3) is 6.73.